The van der Waals surface area contributed by atoms with E-state index < -0.39 is 0 Å². The summed E-state index contributed by atoms with van der Waals surface area (Å²) in [7, 11) is 1.59. The standard InChI is InChI=1S/C13H12IN3O2/c1-19-11-5-3-10(4-6-11)16-13(18)17-12-7-2-9(14)8-15-12/h2-8H,1H3,(H2,15,16,17,18). The van der Waals surface area contributed by atoms with Crippen LogP contribution in [0.4, 0.5) is 16.3 Å². The number of rotatable bonds is 3. The molecule has 0 radical (unpaired) electrons. The first kappa shape index (κ1) is 13.6. The molecule has 0 unspecified atom stereocenters. The van der Waals surface area contributed by atoms with E-state index in [0.717, 1.165) is 9.32 Å². The molecule has 98 valence electrons. The first-order valence-electron chi connectivity index (χ1n) is 5.51. The number of aromatic nitrogens is 1. The molecule has 1 aromatic heterocycles. The first-order chi connectivity index (χ1) is 9.17. The maximum absolute atomic E-state index is 11.7. The molecule has 0 spiro atoms. The Bertz CT molecular complexity index is 555. The van der Waals surface area contributed by atoms with Crippen LogP contribution in [0.2, 0.25) is 0 Å². The number of ether oxygens (including phenoxy) is 1. The van der Waals surface area contributed by atoms with E-state index in [0.29, 0.717) is 11.5 Å². The minimum Gasteiger partial charge on any atom is -0.497 e. The quantitative estimate of drug-likeness (QED) is 0.816. The Hall–Kier alpha value is -1.83. The number of anilines is 2. The van der Waals surface area contributed by atoms with Crippen molar-refractivity contribution in [3.8, 4) is 5.75 Å². The van der Waals surface area contributed by atoms with Gasteiger partial charge in [-0.3, -0.25) is 5.32 Å². The molecule has 5 nitrogen and oxygen atoms in total. The molecule has 0 aliphatic heterocycles. The summed E-state index contributed by atoms with van der Waals surface area (Å²) in [6.07, 6.45) is 1.68. The maximum Gasteiger partial charge on any atom is 0.324 e. The van der Waals surface area contributed by atoms with E-state index in [2.05, 4.69) is 38.2 Å². The summed E-state index contributed by atoms with van der Waals surface area (Å²) in [5, 5.41) is 5.36. The highest BCUT2D eigenvalue weighted by Gasteiger charge is 2.03. The molecule has 2 rings (SSSR count). The zero-order valence-electron chi connectivity index (χ0n) is 10.2. The molecule has 0 saturated heterocycles. The van der Waals surface area contributed by atoms with Gasteiger partial charge in [-0.1, -0.05) is 0 Å². The van der Waals surface area contributed by atoms with E-state index in [4.69, 9.17) is 4.74 Å². The second kappa shape index (κ2) is 6.37. The SMILES string of the molecule is COc1ccc(NC(=O)Nc2ccc(I)cn2)cc1. The Balaban J connectivity index is 1.95. The van der Waals surface area contributed by atoms with Crippen molar-refractivity contribution in [3.05, 3.63) is 46.2 Å². The highest BCUT2D eigenvalue weighted by Crippen LogP contribution is 2.15. The van der Waals surface area contributed by atoms with Crippen molar-refractivity contribution >= 4 is 40.1 Å². The lowest BCUT2D eigenvalue weighted by atomic mass is 10.3. The largest absolute Gasteiger partial charge is 0.497 e. The summed E-state index contributed by atoms with van der Waals surface area (Å²) < 4.78 is 6.05. The number of pyridine rings is 1. The molecule has 6 heteroatoms. The van der Waals surface area contributed by atoms with Gasteiger partial charge in [0.25, 0.3) is 0 Å². The summed E-state index contributed by atoms with van der Waals surface area (Å²) >= 11 is 2.15. The zero-order valence-corrected chi connectivity index (χ0v) is 12.3. The molecule has 1 aromatic carbocycles. The second-order valence-corrected chi connectivity index (χ2v) is 4.91. The number of urea groups is 1. The van der Waals surface area contributed by atoms with Gasteiger partial charge in [0.1, 0.15) is 11.6 Å². The Kier molecular flexibility index (Phi) is 4.56. The average molecular weight is 369 g/mol. The minimum atomic E-state index is -0.334. The van der Waals surface area contributed by atoms with Crippen LogP contribution in [-0.2, 0) is 0 Å². The van der Waals surface area contributed by atoms with Gasteiger partial charge >= 0.3 is 6.03 Å². The van der Waals surface area contributed by atoms with E-state index in [1.165, 1.54) is 0 Å². The number of halogens is 1. The smallest absolute Gasteiger partial charge is 0.324 e. The van der Waals surface area contributed by atoms with Crippen molar-refractivity contribution in [2.45, 2.75) is 0 Å². The van der Waals surface area contributed by atoms with E-state index in [-0.39, 0.29) is 6.03 Å². The fourth-order valence-corrected chi connectivity index (χ4v) is 1.72. The predicted molar refractivity (Wildman–Crippen MR) is 82.6 cm³/mol. The first-order valence-corrected chi connectivity index (χ1v) is 6.59. The monoisotopic (exact) mass is 369 g/mol. The molecule has 2 N–H and O–H groups in total. The summed E-state index contributed by atoms with van der Waals surface area (Å²) in [6, 6.07) is 10.4. The number of carbonyl (C=O) groups excluding carboxylic acids is 1. The molecular formula is C13H12IN3O2. The number of methoxy groups -OCH3 is 1. The number of benzene rings is 1. The lowest BCUT2D eigenvalue weighted by molar-refractivity contribution is 0.262. The molecule has 0 aliphatic carbocycles. The summed E-state index contributed by atoms with van der Waals surface area (Å²) in [4.78, 5) is 15.8. The number of amides is 2. The maximum atomic E-state index is 11.7. The van der Waals surface area contributed by atoms with Crippen molar-refractivity contribution < 1.29 is 9.53 Å². The van der Waals surface area contributed by atoms with E-state index >= 15 is 0 Å². The van der Waals surface area contributed by atoms with Crippen LogP contribution < -0.4 is 15.4 Å². The molecule has 0 aliphatic rings. The number of carbonyl (C=O) groups is 1. The van der Waals surface area contributed by atoms with Crippen LogP contribution in [0.25, 0.3) is 0 Å². The number of hydrogen-bond acceptors (Lipinski definition) is 3. The molecule has 2 aromatic rings. The van der Waals surface area contributed by atoms with Gasteiger partial charge in [-0.15, -0.1) is 0 Å². The lowest BCUT2D eigenvalue weighted by Gasteiger charge is -2.07. The van der Waals surface area contributed by atoms with Gasteiger partial charge in [-0.2, -0.15) is 0 Å². The molecule has 19 heavy (non-hydrogen) atoms. The van der Waals surface area contributed by atoms with Crippen molar-refractivity contribution in [3.63, 3.8) is 0 Å². The van der Waals surface area contributed by atoms with Gasteiger partial charge in [0, 0.05) is 15.5 Å². The molecule has 0 fully saturated rings. The Morgan fingerprint density at radius 3 is 2.47 bits per heavy atom. The summed E-state index contributed by atoms with van der Waals surface area (Å²) in [5.41, 5.74) is 0.684. The molecule has 0 atom stereocenters. The Morgan fingerprint density at radius 1 is 1.16 bits per heavy atom. The molecule has 0 bridgehead atoms. The van der Waals surface area contributed by atoms with Gasteiger partial charge in [-0.05, 0) is 59.0 Å². The molecule has 2 amide bonds. The van der Waals surface area contributed by atoms with Crippen molar-refractivity contribution in [2.75, 3.05) is 17.7 Å². The van der Waals surface area contributed by atoms with Gasteiger partial charge < -0.3 is 10.1 Å². The summed E-state index contributed by atoms with van der Waals surface area (Å²) in [5.74, 6) is 1.25. The van der Waals surface area contributed by atoms with Crippen LogP contribution in [-0.4, -0.2) is 18.1 Å². The molecule has 1 heterocycles. The zero-order chi connectivity index (χ0) is 13.7. The fraction of sp³-hybridized carbons (Fsp3) is 0.0769. The second-order valence-electron chi connectivity index (χ2n) is 3.67. The molecule has 0 saturated carbocycles. The number of hydrogen-bond donors (Lipinski definition) is 2. The third-order valence-corrected chi connectivity index (χ3v) is 2.95. The highest BCUT2D eigenvalue weighted by atomic mass is 127. The van der Waals surface area contributed by atoms with Crippen LogP contribution in [0, 0.1) is 3.57 Å². The van der Waals surface area contributed by atoms with E-state index in [9.17, 15) is 4.79 Å². The number of nitrogens with zero attached hydrogens (tertiary/aromatic N) is 1. The van der Waals surface area contributed by atoms with Crippen LogP contribution >= 0.6 is 22.6 Å². The van der Waals surface area contributed by atoms with Crippen molar-refractivity contribution in [1.29, 1.82) is 0 Å². The third-order valence-electron chi connectivity index (χ3n) is 2.32. The van der Waals surface area contributed by atoms with Crippen LogP contribution in [0.5, 0.6) is 5.75 Å². The van der Waals surface area contributed by atoms with E-state index in [1.807, 2.05) is 6.07 Å². The van der Waals surface area contributed by atoms with Crippen LogP contribution in [0.3, 0.4) is 0 Å². The van der Waals surface area contributed by atoms with E-state index in [1.54, 1.807) is 43.6 Å². The van der Waals surface area contributed by atoms with Crippen LogP contribution in [0.15, 0.2) is 42.6 Å². The van der Waals surface area contributed by atoms with Gasteiger partial charge in [0.15, 0.2) is 0 Å². The Morgan fingerprint density at radius 2 is 1.89 bits per heavy atom. The molecular weight excluding hydrogens is 357 g/mol. The average Bonchev–Trinajstić information content (AvgIpc) is 2.42. The van der Waals surface area contributed by atoms with Gasteiger partial charge in [-0.25, -0.2) is 9.78 Å². The highest BCUT2D eigenvalue weighted by molar-refractivity contribution is 14.1. The number of nitrogens with one attached hydrogen (secondary N) is 2. The third kappa shape index (κ3) is 4.09. The van der Waals surface area contributed by atoms with Crippen LogP contribution in [0.1, 0.15) is 0 Å². The minimum absolute atomic E-state index is 0.334. The Labute approximate surface area is 124 Å². The van der Waals surface area contributed by atoms with Gasteiger partial charge in [0.2, 0.25) is 0 Å². The fourth-order valence-electron chi connectivity index (χ4n) is 1.40. The summed E-state index contributed by atoms with van der Waals surface area (Å²) in [6.45, 7) is 0. The van der Waals surface area contributed by atoms with Crippen molar-refractivity contribution in [1.82, 2.24) is 4.98 Å². The van der Waals surface area contributed by atoms with Gasteiger partial charge in [0.05, 0.1) is 7.11 Å². The topological polar surface area (TPSA) is 63.2 Å². The normalized spacial score (nSPS) is 9.79. The predicted octanol–water partition coefficient (Wildman–Crippen LogP) is 3.34. The van der Waals surface area contributed by atoms with Crippen molar-refractivity contribution in [2.24, 2.45) is 0 Å². The lowest BCUT2D eigenvalue weighted by Crippen LogP contribution is -2.19.